The van der Waals surface area contributed by atoms with Gasteiger partial charge >= 0.3 is 0 Å². The number of nitrogens with zero attached hydrogens (tertiary/aromatic N) is 4. The fraction of sp³-hybridized carbons (Fsp3) is 0.364. The van der Waals surface area contributed by atoms with Gasteiger partial charge in [0.05, 0.1) is 0 Å². The number of rotatable bonds is 3. The monoisotopic (exact) mass is 202 g/mol. The maximum atomic E-state index is 4.44. The Morgan fingerprint density at radius 2 is 2.07 bits per heavy atom. The van der Waals surface area contributed by atoms with Gasteiger partial charge in [0, 0.05) is 24.6 Å². The van der Waals surface area contributed by atoms with Gasteiger partial charge in [-0.2, -0.15) is 5.10 Å². The van der Waals surface area contributed by atoms with Gasteiger partial charge < -0.3 is 0 Å². The van der Waals surface area contributed by atoms with Crippen molar-refractivity contribution in [3.63, 3.8) is 0 Å². The van der Waals surface area contributed by atoms with Crippen LogP contribution in [0.3, 0.4) is 0 Å². The van der Waals surface area contributed by atoms with Gasteiger partial charge in [0.25, 0.3) is 0 Å². The van der Waals surface area contributed by atoms with Crippen LogP contribution in [-0.4, -0.2) is 19.7 Å². The molecule has 0 bridgehead atoms. The predicted octanol–water partition coefficient (Wildman–Crippen LogP) is 2.31. The first-order valence-corrected chi connectivity index (χ1v) is 5.13. The standard InChI is InChI=1S/C11H14N4/c1-3-9(2)15-8-5-10(14-15)11-12-6-4-7-13-11/h4-9H,3H2,1-2H3. The molecule has 0 aliphatic carbocycles. The summed E-state index contributed by atoms with van der Waals surface area (Å²) < 4.78 is 1.95. The second-order valence-electron chi connectivity index (χ2n) is 3.51. The Labute approximate surface area is 89.0 Å². The topological polar surface area (TPSA) is 43.6 Å². The van der Waals surface area contributed by atoms with Crippen LogP contribution in [0.5, 0.6) is 0 Å². The third-order valence-electron chi connectivity index (χ3n) is 2.45. The Kier molecular flexibility index (Phi) is 2.76. The van der Waals surface area contributed by atoms with E-state index in [-0.39, 0.29) is 0 Å². The highest BCUT2D eigenvalue weighted by Crippen LogP contribution is 2.14. The van der Waals surface area contributed by atoms with Crippen LogP contribution < -0.4 is 0 Å². The largest absolute Gasteiger partial charge is 0.269 e. The summed E-state index contributed by atoms with van der Waals surface area (Å²) in [4.78, 5) is 8.32. The van der Waals surface area contributed by atoms with Gasteiger partial charge in [-0.25, -0.2) is 9.97 Å². The molecule has 4 nitrogen and oxygen atoms in total. The molecule has 2 aromatic heterocycles. The molecule has 0 saturated carbocycles. The average molecular weight is 202 g/mol. The van der Waals surface area contributed by atoms with E-state index >= 15 is 0 Å². The van der Waals surface area contributed by atoms with E-state index in [1.165, 1.54) is 0 Å². The molecule has 78 valence electrons. The summed E-state index contributed by atoms with van der Waals surface area (Å²) in [5.41, 5.74) is 0.830. The fourth-order valence-corrected chi connectivity index (χ4v) is 1.32. The van der Waals surface area contributed by atoms with Crippen molar-refractivity contribution < 1.29 is 0 Å². The molecular formula is C11H14N4. The highest BCUT2D eigenvalue weighted by atomic mass is 15.3. The second-order valence-corrected chi connectivity index (χ2v) is 3.51. The summed E-state index contributed by atoms with van der Waals surface area (Å²) >= 11 is 0. The number of aromatic nitrogens is 4. The predicted molar refractivity (Wildman–Crippen MR) is 58.3 cm³/mol. The van der Waals surface area contributed by atoms with Crippen LogP contribution in [0, 0.1) is 0 Å². The van der Waals surface area contributed by atoms with Crippen molar-refractivity contribution in [2.75, 3.05) is 0 Å². The lowest BCUT2D eigenvalue weighted by Crippen LogP contribution is -2.04. The van der Waals surface area contributed by atoms with E-state index in [1.807, 2.05) is 16.9 Å². The van der Waals surface area contributed by atoms with Crippen molar-refractivity contribution >= 4 is 0 Å². The molecule has 2 heterocycles. The molecule has 0 aliphatic heterocycles. The van der Waals surface area contributed by atoms with Crippen molar-refractivity contribution in [2.24, 2.45) is 0 Å². The molecule has 0 saturated heterocycles. The summed E-state index contributed by atoms with van der Waals surface area (Å²) in [6.45, 7) is 4.29. The first kappa shape index (κ1) is 9.83. The lowest BCUT2D eigenvalue weighted by molar-refractivity contribution is 0.479. The minimum atomic E-state index is 0.419. The molecule has 4 heteroatoms. The van der Waals surface area contributed by atoms with Gasteiger partial charge in [-0.05, 0) is 25.5 Å². The summed E-state index contributed by atoms with van der Waals surface area (Å²) in [6.07, 6.45) is 6.49. The highest BCUT2D eigenvalue weighted by Gasteiger charge is 2.07. The zero-order valence-corrected chi connectivity index (χ0v) is 8.96. The zero-order valence-electron chi connectivity index (χ0n) is 8.96. The van der Waals surface area contributed by atoms with E-state index in [1.54, 1.807) is 18.5 Å². The lowest BCUT2D eigenvalue weighted by atomic mass is 10.3. The van der Waals surface area contributed by atoms with E-state index in [4.69, 9.17) is 0 Å². The molecule has 1 unspecified atom stereocenters. The Balaban J connectivity index is 2.28. The van der Waals surface area contributed by atoms with E-state index < -0.39 is 0 Å². The normalized spacial score (nSPS) is 12.7. The van der Waals surface area contributed by atoms with Gasteiger partial charge in [0.1, 0.15) is 5.69 Å². The molecule has 2 aromatic rings. The molecule has 0 fully saturated rings. The second kappa shape index (κ2) is 4.21. The van der Waals surface area contributed by atoms with Crippen LogP contribution in [0.4, 0.5) is 0 Å². The molecule has 0 spiro atoms. The maximum Gasteiger partial charge on any atom is 0.179 e. The van der Waals surface area contributed by atoms with E-state index in [9.17, 15) is 0 Å². The van der Waals surface area contributed by atoms with Gasteiger partial charge in [0.15, 0.2) is 5.82 Å². The van der Waals surface area contributed by atoms with Crippen LogP contribution in [0.2, 0.25) is 0 Å². The molecule has 0 amide bonds. The molecule has 0 N–H and O–H groups in total. The lowest BCUT2D eigenvalue weighted by Gasteiger charge is -2.07. The molecule has 2 rings (SSSR count). The third-order valence-corrected chi connectivity index (χ3v) is 2.45. The van der Waals surface area contributed by atoms with E-state index in [0.29, 0.717) is 11.9 Å². The smallest absolute Gasteiger partial charge is 0.179 e. The van der Waals surface area contributed by atoms with Crippen LogP contribution in [0.1, 0.15) is 26.3 Å². The van der Waals surface area contributed by atoms with Gasteiger partial charge in [-0.15, -0.1) is 0 Å². The molecule has 0 aromatic carbocycles. The summed E-state index contributed by atoms with van der Waals surface area (Å²) in [5, 5.41) is 4.44. The van der Waals surface area contributed by atoms with Gasteiger partial charge in [-0.1, -0.05) is 6.92 Å². The molecule has 1 atom stereocenters. The minimum Gasteiger partial charge on any atom is -0.269 e. The quantitative estimate of drug-likeness (QED) is 0.767. The maximum absolute atomic E-state index is 4.44. The van der Waals surface area contributed by atoms with Crippen LogP contribution in [0.15, 0.2) is 30.7 Å². The Morgan fingerprint density at radius 1 is 1.33 bits per heavy atom. The Morgan fingerprint density at radius 3 is 2.73 bits per heavy atom. The van der Waals surface area contributed by atoms with Crippen molar-refractivity contribution in [3.8, 4) is 11.5 Å². The number of hydrogen-bond acceptors (Lipinski definition) is 3. The van der Waals surface area contributed by atoms with Crippen LogP contribution >= 0.6 is 0 Å². The zero-order chi connectivity index (χ0) is 10.7. The average Bonchev–Trinajstić information content (AvgIpc) is 2.78. The van der Waals surface area contributed by atoms with Crippen molar-refractivity contribution in [2.45, 2.75) is 26.3 Å². The number of hydrogen-bond donors (Lipinski definition) is 0. The van der Waals surface area contributed by atoms with Gasteiger partial charge in [0.2, 0.25) is 0 Å². The third kappa shape index (κ3) is 2.03. The first-order valence-electron chi connectivity index (χ1n) is 5.13. The summed E-state index contributed by atoms with van der Waals surface area (Å²) in [5.74, 6) is 0.680. The summed E-state index contributed by atoms with van der Waals surface area (Å²) in [6, 6.07) is 4.17. The molecule has 0 radical (unpaired) electrons. The van der Waals surface area contributed by atoms with Crippen LogP contribution in [0.25, 0.3) is 11.5 Å². The van der Waals surface area contributed by atoms with E-state index in [2.05, 4.69) is 28.9 Å². The molecule has 0 aliphatic rings. The molecule has 15 heavy (non-hydrogen) atoms. The van der Waals surface area contributed by atoms with Crippen molar-refractivity contribution in [1.82, 2.24) is 19.7 Å². The Bertz CT molecular complexity index is 421. The van der Waals surface area contributed by atoms with Crippen molar-refractivity contribution in [1.29, 1.82) is 0 Å². The SMILES string of the molecule is CCC(C)n1ccc(-c2ncccn2)n1. The van der Waals surface area contributed by atoms with Crippen LogP contribution in [-0.2, 0) is 0 Å². The van der Waals surface area contributed by atoms with Crippen molar-refractivity contribution in [3.05, 3.63) is 30.7 Å². The van der Waals surface area contributed by atoms with Gasteiger partial charge in [-0.3, -0.25) is 4.68 Å². The van der Waals surface area contributed by atoms with E-state index in [0.717, 1.165) is 12.1 Å². The summed E-state index contributed by atoms with van der Waals surface area (Å²) in [7, 11) is 0. The first-order chi connectivity index (χ1) is 7.31. The minimum absolute atomic E-state index is 0.419. The Hall–Kier alpha value is -1.71. The highest BCUT2D eigenvalue weighted by molar-refractivity contribution is 5.46. The fourth-order valence-electron chi connectivity index (χ4n) is 1.32. The molecular weight excluding hydrogens is 188 g/mol.